The van der Waals surface area contributed by atoms with Gasteiger partial charge in [0.05, 0.1) is 23.4 Å². The Morgan fingerprint density at radius 2 is 1.82 bits per heavy atom. The van der Waals surface area contributed by atoms with Crippen LogP contribution in [-0.4, -0.2) is 39.3 Å². The predicted molar refractivity (Wildman–Crippen MR) is 120 cm³/mol. The van der Waals surface area contributed by atoms with E-state index < -0.39 is 23.7 Å². The first-order chi connectivity index (χ1) is 16.0. The highest BCUT2D eigenvalue weighted by Crippen LogP contribution is 2.41. The molecule has 1 N–H and O–H groups in total. The number of esters is 1. The molecule has 2 aromatic heterocycles. The molecular weight excluding hydrogens is 422 g/mol. The van der Waals surface area contributed by atoms with Crippen LogP contribution in [0.15, 0.2) is 78.8 Å². The predicted octanol–water partition coefficient (Wildman–Crippen LogP) is 3.67. The topological polar surface area (TPSA) is 110 Å². The van der Waals surface area contributed by atoms with Crippen molar-refractivity contribution in [3.05, 3.63) is 95.6 Å². The van der Waals surface area contributed by atoms with Crippen molar-refractivity contribution in [2.24, 2.45) is 0 Å². The van der Waals surface area contributed by atoms with Crippen molar-refractivity contribution in [1.82, 2.24) is 9.97 Å². The first-order valence-corrected chi connectivity index (χ1v) is 10.4. The average molecular weight is 443 g/mol. The number of anilines is 1. The van der Waals surface area contributed by atoms with Gasteiger partial charge in [0.2, 0.25) is 0 Å². The van der Waals surface area contributed by atoms with Crippen molar-refractivity contribution in [2.45, 2.75) is 19.4 Å². The fourth-order valence-corrected chi connectivity index (χ4v) is 3.64. The Kier molecular flexibility index (Phi) is 6.26. The highest BCUT2D eigenvalue weighted by atomic mass is 16.5. The number of hydrogen-bond donors (Lipinski definition) is 1. The SMILES string of the molecule is CCCOC(=O)c1cccc(N2C(=O)C(=O)/C(=C(/O)c3ccncc3)C2c2ccccn2)c1. The monoisotopic (exact) mass is 443 g/mol. The quantitative estimate of drug-likeness (QED) is 0.268. The lowest BCUT2D eigenvalue weighted by Gasteiger charge is -2.25. The number of hydrogen-bond acceptors (Lipinski definition) is 7. The zero-order valence-corrected chi connectivity index (χ0v) is 17.8. The molecule has 1 aromatic carbocycles. The largest absolute Gasteiger partial charge is 0.507 e. The third-order valence-electron chi connectivity index (χ3n) is 5.16. The molecule has 3 heterocycles. The summed E-state index contributed by atoms with van der Waals surface area (Å²) in [7, 11) is 0. The fraction of sp³-hybridized carbons (Fsp3) is 0.160. The Bertz CT molecular complexity index is 1230. The molecule has 1 atom stereocenters. The summed E-state index contributed by atoms with van der Waals surface area (Å²) in [5, 5.41) is 11.0. The first kappa shape index (κ1) is 21.9. The zero-order valence-electron chi connectivity index (χ0n) is 17.8. The third-order valence-corrected chi connectivity index (χ3v) is 5.16. The normalized spacial score (nSPS) is 17.2. The Morgan fingerprint density at radius 3 is 2.52 bits per heavy atom. The lowest BCUT2D eigenvalue weighted by atomic mass is 9.98. The van der Waals surface area contributed by atoms with Gasteiger partial charge in [0.1, 0.15) is 11.8 Å². The average Bonchev–Trinajstić information content (AvgIpc) is 3.13. The van der Waals surface area contributed by atoms with E-state index in [0.717, 1.165) is 0 Å². The first-order valence-electron chi connectivity index (χ1n) is 10.4. The molecule has 4 rings (SSSR count). The van der Waals surface area contributed by atoms with Crippen LogP contribution in [0.25, 0.3) is 5.76 Å². The summed E-state index contributed by atoms with van der Waals surface area (Å²) in [5.74, 6) is -2.53. The van der Waals surface area contributed by atoms with E-state index in [-0.39, 0.29) is 23.5 Å². The number of carbonyl (C=O) groups excluding carboxylic acids is 3. The summed E-state index contributed by atoms with van der Waals surface area (Å²) < 4.78 is 5.19. The van der Waals surface area contributed by atoms with Crippen LogP contribution in [0.2, 0.25) is 0 Å². The second-order valence-electron chi connectivity index (χ2n) is 7.35. The number of aliphatic hydroxyl groups excluding tert-OH is 1. The smallest absolute Gasteiger partial charge is 0.338 e. The van der Waals surface area contributed by atoms with Crippen molar-refractivity contribution in [3.63, 3.8) is 0 Å². The molecule has 1 fully saturated rings. The van der Waals surface area contributed by atoms with E-state index in [2.05, 4.69) is 9.97 Å². The minimum Gasteiger partial charge on any atom is -0.507 e. The lowest BCUT2D eigenvalue weighted by molar-refractivity contribution is -0.132. The number of ether oxygens (including phenoxy) is 1. The van der Waals surface area contributed by atoms with Gasteiger partial charge < -0.3 is 9.84 Å². The molecule has 0 bridgehead atoms. The summed E-state index contributed by atoms with van der Waals surface area (Å²) in [6.45, 7) is 2.16. The van der Waals surface area contributed by atoms with Gasteiger partial charge in [-0.3, -0.25) is 24.5 Å². The Labute approximate surface area is 190 Å². The van der Waals surface area contributed by atoms with Crippen LogP contribution >= 0.6 is 0 Å². The molecule has 0 spiro atoms. The van der Waals surface area contributed by atoms with Gasteiger partial charge in [0, 0.05) is 29.8 Å². The maximum Gasteiger partial charge on any atom is 0.338 e. The summed E-state index contributed by atoms with van der Waals surface area (Å²) in [6, 6.07) is 13.5. The van der Waals surface area contributed by atoms with Crippen LogP contribution in [0.1, 0.15) is 41.0 Å². The van der Waals surface area contributed by atoms with Crippen molar-refractivity contribution in [2.75, 3.05) is 11.5 Å². The van der Waals surface area contributed by atoms with E-state index in [1.54, 1.807) is 54.7 Å². The standard InChI is InChI=1S/C25H21N3O5/c1-2-14-33-25(32)17-6-5-7-18(15-17)28-21(19-8-3-4-11-27-19)20(23(30)24(28)31)22(29)16-9-12-26-13-10-16/h3-13,15,21,29H,2,14H2,1H3/b22-20+. The maximum absolute atomic E-state index is 13.2. The highest BCUT2D eigenvalue weighted by Gasteiger charge is 2.47. The molecule has 1 amide bonds. The summed E-state index contributed by atoms with van der Waals surface area (Å²) in [4.78, 5) is 48.1. The van der Waals surface area contributed by atoms with Crippen molar-refractivity contribution < 1.29 is 24.2 Å². The molecule has 1 unspecified atom stereocenters. The molecule has 0 saturated carbocycles. The number of ketones is 1. The van der Waals surface area contributed by atoms with Crippen LogP contribution in [0, 0.1) is 0 Å². The molecule has 33 heavy (non-hydrogen) atoms. The summed E-state index contributed by atoms with van der Waals surface area (Å²) >= 11 is 0. The molecule has 3 aromatic rings. The van der Waals surface area contributed by atoms with Crippen LogP contribution < -0.4 is 4.90 Å². The number of benzene rings is 1. The molecule has 0 aliphatic carbocycles. The van der Waals surface area contributed by atoms with Crippen LogP contribution in [-0.2, 0) is 14.3 Å². The molecular formula is C25H21N3O5. The minimum absolute atomic E-state index is 0.0936. The summed E-state index contributed by atoms with van der Waals surface area (Å²) in [6.07, 6.45) is 5.17. The van der Waals surface area contributed by atoms with E-state index >= 15 is 0 Å². The number of aromatic nitrogens is 2. The van der Waals surface area contributed by atoms with Crippen LogP contribution in [0.4, 0.5) is 5.69 Å². The van der Waals surface area contributed by atoms with Gasteiger partial charge in [0.15, 0.2) is 0 Å². The van der Waals surface area contributed by atoms with E-state index in [1.165, 1.54) is 23.4 Å². The Morgan fingerprint density at radius 1 is 1.03 bits per heavy atom. The molecule has 0 radical (unpaired) electrons. The number of Topliss-reactive ketones (excluding diaryl/α,β-unsaturated/α-hetero) is 1. The minimum atomic E-state index is -0.985. The molecule has 8 nitrogen and oxygen atoms in total. The van der Waals surface area contributed by atoms with E-state index in [4.69, 9.17) is 4.74 Å². The van der Waals surface area contributed by atoms with Gasteiger partial charge in [-0.05, 0) is 48.9 Å². The number of pyridine rings is 2. The maximum atomic E-state index is 13.2. The highest BCUT2D eigenvalue weighted by molar-refractivity contribution is 6.51. The second kappa shape index (κ2) is 9.44. The molecule has 1 aliphatic rings. The van der Waals surface area contributed by atoms with Gasteiger partial charge in [-0.1, -0.05) is 19.1 Å². The molecule has 8 heteroatoms. The lowest BCUT2D eigenvalue weighted by Crippen LogP contribution is -2.30. The van der Waals surface area contributed by atoms with Gasteiger partial charge in [-0.2, -0.15) is 0 Å². The van der Waals surface area contributed by atoms with Gasteiger partial charge >= 0.3 is 5.97 Å². The molecule has 1 aliphatic heterocycles. The number of aliphatic hydroxyl groups is 1. The number of amides is 1. The number of carbonyl (C=O) groups is 3. The Hall–Kier alpha value is -4.33. The number of rotatable bonds is 6. The molecule has 1 saturated heterocycles. The third kappa shape index (κ3) is 4.23. The van der Waals surface area contributed by atoms with Crippen molar-refractivity contribution >= 4 is 29.1 Å². The van der Waals surface area contributed by atoms with Gasteiger partial charge in [-0.15, -0.1) is 0 Å². The van der Waals surface area contributed by atoms with E-state index in [0.29, 0.717) is 23.4 Å². The van der Waals surface area contributed by atoms with Crippen molar-refractivity contribution in [1.29, 1.82) is 0 Å². The number of nitrogens with zero attached hydrogens (tertiary/aromatic N) is 3. The van der Waals surface area contributed by atoms with Crippen LogP contribution in [0.5, 0.6) is 0 Å². The van der Waals surface area contributed by atoms with E-state index in [1.807, 2.05) is 6.92 Å². The molecule has 166 valence electrons. The Balaban J connectivity index is 1.85. The summed E-state index contributed by atoms with van der Waals surface area (Å²) in [5.41, 5.74) is 1.21. The van der Waals surface area contributed by atoms with Crippen molar-refractivity contribution in [3.8, 4) is 0 Å². The van der Waals surface area contributed by atoms with E-state index in [9.17, 15) is 19.5 Å². The second-order valence-corrected chi connectivity index (χ2v) is 7.35. The van der Waals surface area contributed by atoms with Crippen LogP contribution in [0.3, 0.4) is 0 Å². The fourth-order valence-electron chi connectivity index (χ4n) is 3.64. The zero-order chi connectivity index (χ0) is 23.4. The van der Waals surface area contributed by atoms with Gasteiger partial charge in [-0.25, -0.2) is 4.79 Å². The van der Waals surface area contributed by atoms with Gasteiger partial charge in [0.25, 0.3) is 11.7 Å².